The Hall–Kier alpha value is -0.790. The van der Waals surface area contributed by atoms with Gasteiger partial charge >= 0.3 is 5.97 Å². The van der Waals surface area contributed by atoms with Gasteiger partial charge in [0.25, 0.3) is 0 Å². The van der Waals surface area contributed by atoms with Gasteiger partial charge in [0.2, 0.25) is 0 Å². The number of carboxylic acid groups (broad SMARTS) is 1. The van der Waals surface area contributed by atoms with E-state index in [1.165, 1.54) is 51.4 Å². The lowest BCUT2D eigenvalue weighted by Gasteiger charge is -2.00. The van der Waals surface area contributed by atoms with Crippen molar-refractivity contribution in [1.82, 2.24) is 0 Å². The van der Waals surface area contributed by atoms with Crippen LogP contribution in [0, 0.1) is 5.92 Å². The highest BCUT2D eigenvalue weighted by Gasteiger charge is 1.96. The van der Waals surface area contributed by atoms with Gasteiger partial charge in [-0.05, 0) is 38.0 Å². The van der Waals surface area contributed by atoms with Crippen molar-refractivity contribution in [3.05, 3.63) is 12.2 Å². The molecular formula is C17H32O2. The van der Waals surface area contributed by atoms with Crippen molar-refractivity contribution in [2.45, 2.75) is 84.5 Å². The van der Waals surface area contributed by atoms with Crippen molar-refractivity contribution in [2.24, 2.45) is 5.92 Å². The van der Waals surface area contributed by atoms with E-state index in [-0.39, 0.29) is 0 Å². The van der Waals surface area contributed by atoms with Gasteiger partial charge in [0.05, 0.1) is 0 Å². The van der Waals surface area contributed by atoms with Crippen LogP contribution in [0.1, 0.15) is 84.5 Å². The van der Waals surface area contributed by atoms with Gasteiger partial charge in [-0.15, -0.1) is 0 Å². The third-order valence-electron chi connectivity index (χ3n) is 3.34. The standard InChI is InChI=1S/C17H32O2/c1-16(2)14-12-10-8-6-4-3-5-7-9-11-13-15-17(18)19/h8,10,16H,3-7,9,11-15H2,1-2H3,(H,18,19)/b10-8+. The molecule has 0 aromatic heterocycles. The minimum atomic E-state index is -0.663. The van der Waals surface area contributed by atoms with Crippen LogP contribution in [0.4, 0.5) is 0 Å². The first-order valence-electron chi connectivity index (χ1n) is 7.99. The molecule has 0 radical (unpaired) electrons. The molecule has 2 nitrogen and oxygen atoms in total. The monoisotopic (exact) mass is 268 g/mol. The molecule has 1 N–H and O–H groups in total. The van der Waals surface area contributed by atoms with Crippen molar-refractivity contribution >= 4 is 5.97 Å². The molecule has 0 unspecified atom stereocenters. The van der Waals surface area contributed by atoms with Gasteiger partial charge in [-0.1, -0.05) is 58.1 Å². The second-order valence-electron chi connectivity index (χ2n) is 5.85. The van der Waals surface area contributed by atoms with Crippen LogP contribution in [0.15, 0.2) is 12.2 Å². The fourth-order valence-electron chi connectivity index (χ4n) is 2.09. The van der Waals surface area contributed by atoms with Crippen LogP contribution in [-0.4, -0.2) is 11.1 Å². The summed E-state index contributed by atoms with van der Waals surface area (Å²) in [4.78, 5) is 10.3. The topological polar surface area (TPSA) is 37.3 Å². The molecular weight excluding hydrogens is 236 g/mol. The van der Waals surface area contributed by atoms with Crippen LogP contribution in [0.3, 0.4) is 0 Å². The first-order chi connectivity index (χ1) is 9.13. The maximum Gasteiger partial charge on any atom is 0.303 e. The average Bonchev–Trinajstić information content (AvgIpc) is 2.34. The Balaban J connectivity index is 3.08. The lowest BCUT2D eigenvalue weighted by molar-refractivity contribution is -0.137. The highest BCUT2D eigenvalue weighted by atomic mass is 16.4. The molecule has 0 aromatic carbocycles. The van der Waals surface area contributed by atoms with Gasteiger partial charge in [0.1, 0.15) is 0 Å². The summed E-state index contributed by atoms with van der Waals surface area (Å²) in [5.41, 5.74) is 0. The number of aliphatic carboxylic acids is 1. The number of rotatable bonds is 13. The van der Waals surface area contributed by atoms with Gasteiger partial charge < -0.3 is 5.11 Å². The van der Waals surface area contributed by atoms with Crippen LogP contribution in [0.5, 0.6) is 0 Å². The van der Waals surface area contributed by atoms with E-state index in [2.05, 4.69) is 26.0 Å². The normalized spacial score (nSPS) is 11.5. The molecule has 0 saturated heterocycles. The predicted octanol–water partition coefficient (Wildman–Crippen LogP) is 5.57. The van der Waals surface area contributed by atoms with E-state index in [1.807, 2.05) is 0 Å². The molecule has 19 heavy (non-hydrogen) atoms. The molecule has 112 valence electrons. The summed E-state index contributed by atoms with van der Waals surface area (Å²) in [7, 11) is 0. The smallest absolute Gasteiger partial charge is 0.303 e. The molecule has 0 spiro atoms. The third kappa shape index (κ3) is 17.2. The number of carbonyl (C=O) groups is 1. The largest absolute Gasteiger partial charge is 0.481 e. The Kier molecular flexibility index (Phi) is 13.1. The molecule has 0 aliphatic carbocycles. The summed E-state index contributed by atoms with van der Waals surface area (Å²) in [6.07, 6.45) is 17.0. The van der Waals surface area contributed by atoms with Gasteiger partial charge in [-0.3, -0.25) is 4.79 Å². The van der Waals surface area contributed by atoms with E-state index in [1.54, 1.807) is 0 Å². The van der Waals surface area contributed by atoms with E-state index in [0.717, 1.165) is 18.8 Å². The fourth-order valence-corrected chi connectivity index (χ4v) is 2.09. The van der Waals surface area contributed by atoms with E-state index in [4.69, 9.17) is 5.11 Å². The molecule has 0 atom stereocenters. The average molecular weight is 268 g/mol. The number of hydrogen-bond donors (Lipinski definition) is 1. The molecule has 0 aromatic rings. The minimum absolute atomic E-state index is 0.334. The maximum atomic E-state index is 10.3. The Morgan fingerprint density at radius 1 is 0.895 bits per heavy atom. The van der Waals surface area contributed by atoms with E-state index < -0.39 is 5.97 Å². The van der Waals surface area contributed by atoms with Crippen molar-refractivity contribution in [2.75, 3.05) is 0 Å². The van der Waals surface area contributed by atoms with Crippen molar-refractivity contribution in [3.8, 4) is 0 Å². The lowest BCUT2D eigenvalue weighted by Crippen LogP contribution is -1.93. The minimum Gasteiger partial charge on any atom is -0.481 e. The first-order valence-corrected chi connectivity index (χ1v) is 7.99. The van der Waals surface area contributed by atoms with Gasteiger partial charge in [-0.25, -0.2) is 0 Å². The molecule has 0 fully saturated rings. The molecule has 0 saturated carbocycles. The molecule has 0 aliphatic heterocycles. The maximum absolute atomic E-state index is 10.3. The number of carboxylic acids is 1. The molecule has 0 rings (SSSR count). The third-order valence-corrected chi connectivity index (χ3v) is 3.34. The van der Waals surface area contributed by atoms with Crippen LogP contribution >= 0.6 is 0 Å². The quantitative estimate of drug-likeness (QED) is 0.350. The van der Waals surface area contributed by atoms with Gasteiger partial charge in [0, 0.05) is 6.42 Å². The van der Waals surface area contributed by atoms with Gasteiger partial charge in [0.15, 0.2) is 0 Å². The zero-order valence-corrected chi connectivity index (χ0v) is 12.9. The molecule has 2 heteroatoms. The predicted molar refractivity (Wildman–Crippen MR) is 82.4 cm³/mol. The Morgan fingerprint density at radius 2 is 1.42 bits per heavy atom. The van der Waals surface area contributed by atoms with Crippen LogP contribution < -0.4 is 0 Å². The van der Waals surface area contributed by atoms with Crippen molar-refractivity contribution in [3.63, 3.8) is 0 Å². The molecule has 0 aliphatic rings. The summed E-state index contributed by atoms with van der Waals surface area (Å²) in [5.74, 6) is 0.148. The van der Waals surface area contributed by atoms with Crippen molar-refractivity contribution < 1.29 is 9.90 Å². The van der Waals surface area contributed by atoms with E-state index >= 15 is 0 Å². The molecule has 0 bridgehead atoms. The van der Waals surface area contributed by atoms with E-state index in [0.29, 0.717) is 6.42 Å². The summed E-state index contributed by atoms with van der Waals surface area (Å²) >= 11 is 0. The number of unbranched alkanes of at least 4 members (excludes halogenated alkanes) is 7. The van der Waals surface area contributed by atoms with Crippen molar-refractivity contribution in [1.29, 1.82) is 0 Å². The highest BCUT2D eigenvalue weighted by Crippen LogP contribution is 2.10. The lowest BCUT2D eigenvalue weighted by atomic mass is 10.1. The Morgan fingerprint density at radius 3 is 2.00 bits per heavy atom. The Bertz CT molecular complexity index is 231. The van der Waals surface area contributed by atoms with E-state index in [9.17, 15) is 4.79 Å². The highest BCUT2D eigenvalue weighted by molar-refractivity contribution is 5.66. The van der Waals surface area contributed by atoms with Crippen LogP contribution in [-0.2, 0) is 4.79 Å². The van der Waals surface area contributed by atoms with Gasteiger partial charge in [-0.2, -0.15) is 0 Å². The summed E-state index contributed by atoms with van der Waals surface area (Å²) in [5, 5.41) is 8.50. The summed E-state index contributed by atoms with van der Waals surface area (Å²) in [6.45, 7) is 4.54. The zero-order chi connectivity index (χ0) is 14.3. The number of hydrogen-bond acceptors (Lipinski definition) is 1. The SMILES string of the molecule is CC(C)CC/C=C/CCCCCCCCCC(=O)O. The second kappa shape index (κ2) is 13.6. The second-order valence-corrected chi connectivity index (χ2v) is 5.85. The summed E-state index contributed by atoms with van der Waals surface area (Å²) in [6, 6.07) is 0. The zero-order valence-electron chi connectivity index (χ0n) is 12.9. The number of allylic oxidation sites excluding steroid dienone is 2. The first kappa shape index (κ1) is 18.2. The molecule has 0 heterocycles. The summed E-state index contributed by atoms with van der Waals surface area (Å²) < 4.78 is 0. The fraction of sp³-hybridized carbons (Fsp3) is 0.824. The Labute approximate surface area is 119 Å². The van der Waals surface area contributed by atoms with Crippen LogP contribution in [0.25, 0.3) is 0 Å². The molecule has 0 amide bonds. The van der Waals surface area contributed by atoms with Crippen LogP contribution in [0.2, 0.25) is 0 Å².